The van der Waals surface area contributed by atoms with Gasteiger partial charge in [0, 0.05) is 5.56 Å². The topological polar surface area (TPSA) is 84.5 Å². The smallest absolute Gasteiger partial charge is 0.326 e. The minimum absolute atomic E-state index is 0.0123. The Bertz CT molecular complexity index is 1170. The number of hydrogen-bond acceptors (Lipinski definition) is 5. The van der Waals surface area contributed by atoms with E-state index in [4.69, 9.17) is 10.00 Å². The first-order valence-corrected chi connectivity index (χ1v) is 10.7. The van der Waals surface area contributed by atoms with Gasteiger partial charge in [-0.3, -0.25) is 9.59 Å². The SMILES string of the molecule is CCCCc1ccc2c(c1)sc(=NC(=O)c1ccc(C#N)cc1)n2CC(=O)OCC. The second-order valence-corrected chi connectivity index (χ2v) is 7.80. The van der Waals surface area contributed by atoms with E-state index < -0.39 is 5.91 Å². The summed E-state index contributed by atoms with van der Waals surface area (Å²) in [7, 11) is 0. The fourth-order valence-corrected chi connectivity index (χ4v) is 4.16. The Hall–Kier alpha value is -3.24. The largest absolute Gasteiger partial charge is 0.465 e. The lowest BCUT2D eigenvalue weighted by Crippen LogP contribution is -2.23. The van der Waals surface area contributed by atoms with E-state index in [9.17, 15) is 9.59 Å². The summed E-state index contributed by atoms with van der Waals surface area (Å²) in [5.41, 5.74) is 2.93. The van der Waals surface area contributed by atoms with Crippen molar-refractivity contribution in [1.82, 2.24) is 4.57 Å². The van der Waals surface area contributed by atoms with Crippen molar-refractivity contribution in [2.75, 3.05) is 6.61 Å². The number of carbonyl (C=O) groups excluding carboxylic acids is 2. The highest BCUT2D eigenvalue weighted by molar-refractivity contribution is 7.16. The number of rotatable bonds is 7. The number of thiazole rings is 1. The lowest BCUT2D eigenvalue weighted by molar-refractivity contribution is -0.143. The molecule has 0 fully saturated rings. The van der Waals surface area contributed by atoms with E-state index in [0.717, 1.165) is 29.5 Å². The molecule has 1 aromatic heterocycles. The first kappa shape index (κ1) is 21.5. The van der Waals surface area contributed by atoms with Crippen LogP contribution in [0.25, 0.3) is 10.2 Å². The molecule has 0 aliphatic heterocycles. The van der Waals surface area contributed by atoms with Gasteiger partial charge in [-0.1, -0.05) is 30.7 Å². The lowest BCUT2D eigenvalue weighted by Gasteiger charge is -2.06. The van der Waals surface area contributed by atoms with E-state index in [2.05, 4.69) is 24.0 Å². The number of ether oxygens (including phenoxy) is 1. The monoisotopic (exact) mass is 421 g/mol. The molecule has 0 aliphatic carbocycles. The minimum atomic E-state index is -0.421. The summed E-state index contributed by atoms with van der Waals surface area (Å²) in [6, 6.07) is 14.5. The molecule has 0 unspecified atom stereocenters. The number of hydrogen-bond donors (Lipinski definition) is 0. The summed E-state index contributed by atoms with van der Waals surface area (Å²) in [6.45, 7) is 4.19. The van der Waals surface area contributed by atoms with Gasteiger partial charge in [0.25, 0.3) is 5.91 Å². The molecule has 0 aliphatic rings. The number of benzene rings is 2. The molecular formula is C23H23N3O3S. The van der Waals surface area contributed by atoms with Gasteiger partial charge in [-0.15, -0.1) is 0 Å². The van der Waals surface area contributed by atoms with Crippen molar-refractivity contribution in [1.29, 1.82) is 5.26 Å². The Morgan fingerprint density at radius 3 is 2.60 bits per heavy atom. The molecule has 0 radical (unpaired) electrons. The highest BCUT2D eigenvalue weighted by atomic mass is 32.1. The third-order valence-electron chi connectivity index (χ3n) is 4.62. The molecule has 1 amide bonds. The molecule has 0 bridgehead atoms. The summed E-state index contributed by atoms with van der Waals surface area (Å²) in [6.07, 6.45) is 3.21. The molecule has 0 saturated carbocycles. The minimum Gasteiger partial charge on any atom is -0.465 e. The molecule has 0 atom stereocenters. The first-order valence-electron chi connectivity index (χ1n) is 9.92. The van der Waals surface area contributed by atoms with Gasteiger partial charge < -0.3 is 9.30 Å². The highest BCUT2D eigenvalue weighted by Gasteiger charge is 2.13. The number of fused-ring (bicyclic) bond motifs is 1. The van der Waals surface area contributed by atoms with Gasteiger partial charge in [0.05, 0.1) is 28.5 Å². The molecule has 7 heteroatoms. The molecule has 6 nitrogen and oxygen atoms in total. The number of amides is 1. The van der Waals surface area contributed by atoms with Crippen LogP contribution in [0.15, 0.2) is 47.5 Å². The third-order valence-corrected chi connectivity index (χ3v) is 5.66. The highest BCUT2D eigenvalue weighted by Crippen LogP contribution is 2.21. The first-order chi connectivity index (χ1) is 14.5. The summed E-state index contributed by atoms with van der Waals surface area (Å²) in [4.78, 5) is 29.6. The van der Waals surface area contributed by atoms with Crippen LogP contribution in [0.2, 0.25) is 0 Å². The van der Waals surface area contributed by atoms with Gasteiger partial charge in [0.2, 0.25) is 0 Å². The fraction of sp³-hybridized carbons (Fsp3) is 0.304. The van der Waals surface area contributed by atoms with E-state index in [0.29, 0.717) is 22.5 Å². The number of aromatic nitrogens is 1. The summed E-state index contributed by atoms with van der Waals surface area (Å²) in [5, 5.41) is 8.92. The van der Waals surface area contributed by atoms with Crippen LogP contribution in [-0.2, 0) is 22.5 Å². The fourth-order valence-electron chi connectivity index (χ4n) is 3.07. The maximum absolute atomic E-state index is 12.7. The number of carbonyl (C=O) groups is 2. The Balaban J connectivity index is 2.05. The third kappa shape index (κ3) is 5.02. The number of aryl methyl sites for hydroxylation is 1. The number of unbranched alkanes of at least 4 members (excludes halogenated alkanes) is 1. The Labute approximate surface area is 179 Å². The Morgan fingerprint density at radius 2 is 1.93 bits per heavy atom. The molecule has 0 saturated heterocycles. The number of nitrogens with zero attached hydrogens (tertiary/aromatic N) is 3. The maximum atomic E-state index is 12.7. The maximum Gasteiger partial charge on any atom is 0.326 e. The van der Waals surface area contributed by atoms with E-state index in [-0.39, 0.29) is 12.5 Å². The molecule has 3 rings (SSSR count). The summed E-state index contributed by atoms with van der Waals surface area (Å²) >= 11 is 1.38. The average Bonchev–Trinajstić information content (AvgIpc) is 3.08. The van der Waals surface area contributed by atoms with E-state index in [1.807, 2.05) is 12.1 Å². The van der Waals surface area contributed by atoms with Crippen molar-refractivity contribution in [3.8, 4) is 6.07 Å². The molecule has 1 heterocycles. The average molecular weight is 422 g/mol. The molecule has 0 N–H and O–H groups in total. The quantitative estimate of drug-likeness (QED) is 0.535. The van der Waals surface area contributed by atoms with Gasteiger partial charge in [0.15, 0.2) is 4.80 Å². The van der Waals surface area contributed by atoms with Crippen molar-refractivity contribution in [2.45, 2.75) is 39.7 Å². The Morgan fingerprint density at radius 1 is 1.17 bits per heavy atom. The van der Waals surface area contributed by atoms with Crippen molar-refractivity contribution < 1.29 is 14.3 Å². The van der Waals surface area contributed by atoms with Crippen LogP contribution in [0.3, 0.4) is 0 Å². The van der Waals surface area contributed by atoms with Crippen LogP contribution in [0.5, 0.6) is 0 Å². The molecular weight excluding hydrogens is 398 g/mol. The van der Waals surface area contributed by atoms with Gasteiger partial charge in [0.1, 0.15) is 6.54 Å². The van der Waals surface area contributed by atoms with Crippen LogP contribution in [0, 0.1) is 11.3 Å². The van der Waals surface area contributed by atoms with Crippen LogP contribution >= 0.6 is 11.3 Å². The Kier molecular flexibility index (Phi) is 7.15. The molecule has 154 valence electrons. The predicted molar refractivity (Wildman–Crippen MR) is 116 cm³/mol. The molecule has 30 heavy (non-hydrogen) atoms. The second kappa shape index (κ2) is 9.99. The number of nitriles is 1. The van der Waals surface area contributed by atoms with E-state index in [1.54, 1.807) is 35.8 Å². The van der Waals surface area contributed by atoms with E-state index in [1.165, 1.54) is 16.9 Å². The van der Waals surface area contributed by atoms with Crippen molar-refractivity contribution in [2.24, 2.45) is 4.99 Å². The normalized spacial score (nSPS) is 11.4. The van der Waals surface area contributed by atoms with Gasteiger partial charge in [-0.05, 0) is 61.7 Å². The lowest BCUT2D eigenvalue weighted by atomic mass is 10.1. The van der Waals surface area contributed by atoms with Crippen LogP contribution in [0.4, 0.5) is 0 Å². The molecule has 0 spiro atoms. The zero-order valence-corrected chi connectivity index (χ0v) is 17.9. The number of esters is 1. The van der Waals surface area contributed by atoms with Crippen molar-refractivity contribution in [3.05, 3.63) is 64.0 Å². The van der Waals surface area contributed by atoms with Crippen LogP contribution in [-0.4, -0.2) is 23.1 Å². The predicted octanol–water partition coefficient (Wildman–Crippen LogP) is 4.22. The van der Waals surface area contributed by atoms with Crippen molar-refractivity contribution in [3.63, 3.8) is 0 Å². The zero-order chi connectivity index (χ0) is 21.5. The second-order valence-electron chi connectivity index (χ2n) is 6.79. The van der Waals surface area contributed by atoms with Gasteiger partial charge in [-0.2, -0.15) is 10.3 Å². The summed E-state index contributed by atoms with van der Waals surface area (Å²) in [5.74, 6) is -0.797. The van der Waals surface area contributed by atoms with Gasteiger partial charge >= 0.3 is 5.97 Å². The van der Waals surface area contributed by atoms with Crippen LogP contribution < -0.4 is 4.80 Å². The van der Waals surface area contributed by atoms with Crippen molar-refractivity contribution >= 4 is 33.4 Å². The van der Waals surface area contributed by atoms with Crippen LogP contribution in [0.1, 0.15) is 48.2 Å². The summed E-state index contributed by atoms with van der Waals surface area (Å²) < 4.78 is 7.80. The van der Waals surface area contributed by atoms with Gasteiger partial charge in [-0.25, -0.2) is 0 Å². The van der Waals surface area contributed by atoms with E-state index >= 15 is 0 Å². The molecule has 2 aromatic carbocycles. The standard InChI is InChI=1S/C23H23N3O3S/c1-3-5-6-16-9-12-19-20(13-16)30-23(26(19)15-21(27)29-4-2)25-22(28)18-10-7-17(14-24)8-11-18/h7-13H,3-6,15H2,1-2H3. The molecule has 3 aromatic rings. The zero-order valence-electron chi connectivity index (χ0n) is 17.1.